The van der Waals surface area contributed by atoms with E-state index >= 15 is 0 Å². The van der Waals surface area contributed by atoms with Gasteiger partial charge in [0.25, 0.3) is 0 Å². The van der Waals surface area contributed by atoms with Gasteiger partial charge >= 0.3 is 0 Å². The zero-order chi connectivity index (χ0) is 15.9. The summed E-state index contributed by atoms with van der Waals surface area (Å²) in [6, 6.07) is 16.6. The van der Waals surface area contributed by atoms with E-state index in [1.807, 2.05) is 18.2 Å². The lowest BCUT2D eigenvalue weighted by molar-refractivity contribution is -0.116. The molecule has 22 heavy (non-hydrogen) atoms. The van der Waals surface area contributed by atoms with Crippen molar-refractivity contribution in [3.63, 3.8) is 0 Å². The van der Waals surface area contributed by atoms with Gasteiger partial charge < -0.3 is 10.6 Å². The van der Waals surface area contributed by atoms with Gasteiger partial charge in [-0.2, -0.15) is 5.26 Å². The van der Waals surface area contributed by atoms with Crippen LogP contribution in [0, 0.1) is 11.3 Å². The molecule has 0 heterocycles. The Labute approximate surface area is 130 Å². The highest BCUT2D eigenvalue weighted by Gasteiger charge is 2.14. The van der Waals surface area contributed by atoms with Crippen molar-refractivity contribution in [2.75, 3.05) is 10.6 Å². The molecule has 2 rings (SSSR count). The van der Waals surface area contributed by atoms with E-state index in [1.165, 1.54) is 5.56 Å². The number of anilines is 2. The molecule has 0 aromatic heterocycles. The van der Waals surface area contributed by atoms with Crippen molar-refractivity contribution in [2.45, 2.75) is 26.3 Å². The minimum Gasteiger partial charge on any atom is -0.374 e. The number of benzene rings is 2. The Bertz CT molecular complexity index is 703. The normalized spacial score (nSPS) is 11.3. The highest BCUT2D eigenvalue weighted by atomic mass is 16.2. The molecule has 0 bridgehead atoms. The minimum absolute atomic E-state index is 0.176. The molecule has 0 aliphatic rings. The number of nitriles is 1. The summed E-state index contributed by atoms with van der Waals surface area (Å²) in [6.45, 7) is 3.89. The van der Waals surface area contributed by atoms with Crippen LogP contribution in [0.2, 0.25) is 0 Å². The Morgan fingerprint density at radius 1 is 1.23 bits per heavy atom. The van der Waals surface area contributed by atoms with E-state index in [2.05, 4.69) is 29.7 Å². The number of rotatable bonds is 5. The summed E-state index contributed by atoms with van der Waals surface area (Å²) >= 11 is 0. The highest BCUT2D eigenvalue weighted by Crippen LogP contribution is 2.16. The summed E-state index contributed by atoms with van der Waals surface area (Å²) in [6.07, 6.45) is 0.950. The van der Waals surface area contributed by atoms with Crippen LogP contribution in [0.15, 0.2) is 48.5 Å². The van der Waals surface area contributed by atoms with Gasteiger partial charge in [-0.25, -0.2) is 0 Å². The molecule has 4 heteroatoms. The Hall–Kier alpha value is -2.80. The average molecular weight is 293 g/mol. The van der Waals surface area contributed by atoms with Gasteiger partial charge in [0, 0.05) is 5.69 Å². The smallest absolute Gasteiger partial charge is 0.246 e. The van der Waals surface area contributed by atoms with Crippen molar-refractivity contribution in [3.8, 4) is 6.07 Å². The van der Waals surface area contributed by atoms with Crippen LogP contribution < -0.4 is 10.6 Å². The van der Waals surface area contributed by atoms with Gasteiger partial charge in [-0.05, 0) is 43.2 Å². The van der Waals surface area contributed by atoms with E-state index in [0.29, 0.717) is 11.3 Å². The molecular weight excluding hydrogens is 274 g/mol. The van der Waals surface area contributed by atoms with Crippen LogP contribution in [0.3, 0.4) is 0 Å². The topological polar surface area (TPSA) is 64.9 Å². The van der Waals surface area contributed by atoms with E-state index in [4.69, 9.17) is 5.26 Å². The van der Waals surface area contributed by atoms with Crippen molar-refractivity contribution in [1.29, 1.82) is 5.26 Å². The fraction of sp³-hybridized carbons (Fsp3) is 0.222. The number of hydrogen-bond acceptors (Lipinski definition) is 3. The van der Waals surface area contributed by atoms with E-state index in [-0.39, 0.29) is 5.91 Å². The fourth-order valence-electron chi connectivity index (χ4n) is 2.13. The van der Waals surface area contributed by atoms with Gasteiger partial charge in [-0.15, -0.1) is 0 Å². The van der Waals surface area contributed by atoms with Gasteiger partial charge in [0.15, 0.2) is 0 Å². The molecule has 112 valence electrons. The Balaban J connectivity index is 2.04. The maximum atomic E-state index is 12.3. The van der Waals surface area contributed by atoms with Gasteiger partial charge in [0.05, 0.1) is 11.3 Å². The molecule has 0 aliphatic carbocycles. The van der Waals surface area contributed by atoms with Gasteiger partial charge in [0.2, 0.25) is 5.91 Å². The maximum Gasteiger partial charge on any atom is 0.246 e. The number of amides is 1. The first kappa shape index (κ1) is 15.6. The zero-order valence-corrected chi connectivity index (χ0v) is 12.8. The summed E-state index contributed by atoms with van der Waals surface area (Å²) in [7, 11) is 0. The van der Waals surface area contributed by atoms with Crippen LogP contribution in [0.5, 0.6) is 0 Å². The molecule has 1 atom stereocenters. The van der Waals surface area contributed by atoms with Crippen LogP contribution in [-0.4, -0.2) is 11.9 Å². The molecule has 1 amide bonds. The predicted molar refractivity (Wildman–Crippen MR) is 88.7 cm³/mol. The molecule has 2 N–H and O–H groups in total. The predicted octanol–water partition coefficient (Wildman–Crippen LogP) is 3.56. The molecule has 0 radical (unpaired) electrons. The molecule has 0 saturated heterocycles. The van der Waals surface area contributed by atoms with Crippen molar-refractivity contribution < 1.29 is 4.79 Å². The number of aryl methyl sites for hydroxylation is 1. The molecule has 2 aromatic rings. The van der Waals surface area contributed by atoms with Crippen molar-refractivity contribution in [2.24, 2.45) is 0 Å². The molecule has 0 saturated carbocycles. The molecule has 0 aliphatic heterocycles. The van der Waals surface area contributed by atoms with Crippen LogP contribution in [0.4, 0.5) is 11.4 Å². The van der Waals surface area contributed by atoms with E-state index < -0.39 is 6.04 Å². The van der Waals surface area contributed by atoms with Crippen molar-refractivity contribution >= 4 is 17.3 Å². The van der Waals surface area contributed by atoms with E-state index in [9.17, 15) is 4.79 Å². The SMILES string of the molecule is CCc1cccc(NC(C)C(=O)Nc2ccccc2C#N)c1. The number of hydrogen-bond donors (Lipinski definition) is 2. The monoisotopic (exact) mass is 293 g/mol. The average Bonchev–Trinajstić information content (AvgIpc) is 2.55. The van der Waals surface area contributed by atoms with Crippen LogP contribution in [0.25, 0.3) is 0 Å². The van der Waals surface area contributed by atoms with Crippen LogP contribution >= 0.6 is 0 Å². The third-order valence-electron chi connectivity index (χ3n) is 3.42. The van der Waals surface area contributed by atoms with Crippen LogP contribution in [0.1, 0.15) is 25.0 Å². The van der Waals surface area contributed by atoms with E-state index in [0.717, 1.165) is 12.1 Å². The van der Waals surface area contributed by atoms with Crippen molar-refractivity contribution in [1.82, 2.24) is 0 Å². The first-order valence-corrected chi connectivity index (χ1v) is 7.29. The fourth-order valence-corrected chi connectivity index (χ4v) is 2.13. The van der Waals surface area contributed by atoms with Crippen LogP contribution in [-0.2, 0) is 11.2 Å². The van der Waals surface area contributed by atoms with Gasteiger partial charge in [0.1, 0.15) is 12.1 Å². The number of para-hydroxylation sites is 1. The second kappa shape index (κ2) is 7.28. The summed E-state index contributed by atoms with van der Waals surface area (Å²) in [5, 5.41) is 15.0. The number of nitrogens with zero attached hydrogens (tertiary/aromatic N) is 1. The lowest BCUT2D eigenvalue weighted by Crippen LogP contribution is -2.32. The number of carbonyl (C=O) groups excluding carboxylic acids is 1. The molecular formula is C18H19N3O. The number of nitrogens with one attached hydrogen (secondary N) is 2. The highest BCUT2D eigenvalue weighted by molar-refractivity contribution is 5.97. The molecule has 2 aromatic carbocycles. The molecule has 0 fully saturated rings. The number of carbonyl (C=O) groups is 1. The minimum atomic E-state index is -0.404. The second-order valence-corrected chi connectivity index (χ2v) is 5.07. The Kier molecular flexibility index (Phi) is 5.16. The quantitative estimate of drug-likeness (QED) is 0.886. The summed E-state index contributed by atoms with van der Waals surface area (Å²) in [5.74, 6) is -0.176. The molecule has 4 nitrogen and oxygen atoms in total. The zero-order valence-electron chi connectivity index (χ0n) is 12.8. The first-order valence-electron chi connectivity index (χ1n) is 7.29. The van der Waals surface area contributed by atoms with Gasteiger partial charge in [-0.3, -0.25) is 4.79 Å². The largest absolute Gasteiger partial charge is 0.374 e. The summed E-state index contributed by atoms with van der Waals surface area (Å²) < 4.78 is 0. The van der Waals surface area contributed by atoms with E-state index in [1.54, 1.807) is 31.2 Å². The lowest BCUT2D eigenvalue weighted by Gasteiger charge is -2.16. The summed E-state index contributed by atoms with van der Waals surface area (Å²) in [5.41, 5.74) is 3.12. The summed E-state index contributed by atoms with van der Waals surface area (Å²) in [4.78, 5) is 12.3. The molecule has 0 spiro atoms. The first-order chi connectivity index (χ1) is 10.6. The maximum absolute atomic E-state index is 12.3. The third-order valence-corrected chi connectivity index (χ3v) is 3.42. The third kappa shape index (κ3) is 3.86. The lowest BCUT2D eigenvalue weighted by atomic mass is 10.1. The standard InChI is InChI=1S/C18H19N3O/c1-3-14-7-6-9-16(11-14)20-13(2)18(22)21-17-10-5-4-8-15(17)12-19/h4-11,13,20H,3H2,1-2H3,(H,21,22). The second-order valence-electron chi connectivity index (χ2n) is 5.07. The Morgan fingerprint density at radius 2 is 2.00 bits per heavy atom. The van der Waals surface area contributed by atoms with Gasteiger partial charge in [-0.1, -0.05) is 31.2 Å². The molecule has 1 unspecified atom stereocenters. The van der Waals surface area contributed by atoms with Crippen molar-refractivity contribution in [3.05, 3.63) is 59.7 Å². The Morgan fingerprint density at radius 3 is 2.73 bits per heavy atom.